The van der Waals surface area contributed by atoms with Crippen molar-refractivity contribution >= 4 is 40.8 Å². The molecule has 3 aromatic rings. The van der Waals surface area contributed by atoms with E-state index in [4.69, 9.17) is 27.9 Å². The lowest BCUT2D eigenvalue weighted by atomic mass is 10.0. The number of carbonyl (C=O) groups excluding carboxylic acids is 1. The highest BCUT2D eigenvalue weighted by atomic mass is 35.5. The number of rotatable bonds is 4. The zero-order valence-corrected chi connectivity index (χ0v) is 18.5. The Kier molecular flexibility index (Phi) is 6.44. The van der Waals surface area contributed by atoms with Gasteiger partial charge in [-0.25, -0.2) is 13.9 Å². The summed E-state index contributed by atoms with van der Waals surface area (Å²) in [5.74, 6) is -0.739. The number of hydrogen-bond acceptors (Lipinski definition) is 3. The van der Waals surface area contributed by atoms with E-state index in [9.17, 15) is 9.18 Å². The average molecular weight is 459 g/mol. The third-order valence-electron chi connectivity index (χ3n) is 5.23. The van der Waals surface area contributed by atoms with Gasteiger partial charge in [-0.3, -0.25) is 0 Å². The molecular weight excluding hydrogens is 438 g/mol. The van der Waals surface area contributed by atoms with Gasteiger partial charge in [-0.2, -0.15) is 5.10 Å². The van der Waals surface area contributed by atoms with Crippen molar-refractivity contribution in [1.29, 1.82) is 0 Å². The zero-order chi connectivity index (χ0) is 22.0. The first-order chi connectivity index (χ1) is 15.0. The summed E-state index contributed by atoms with van der Waals surface area (Å²) < 4.78 is 20.4. The Morgan fingerprint density at radius 1 is 1.16 bits per heavy atom. The molecule has 0 saturated carbocycles. The number of carbonyl (C=O) groups is 1. The van der Waals surface area contributed by atoms with Crippen LogP contribution in [0.15, 0.2) is 42.5 Å². The summed E-state index contributed by atoms with van der Waals surface area (Å²) in [6.07, 6.45) is 5.39. The van der Waals surface area contributed by atoms with E-state index >= 15 is 0 Å². The van der Waals surface area contributed by atoms with Gasteiger partial charge in [0.05, 0.1) is 23.0 Å². The Morgan fingerprint density at radius 2 is 1.90 bits per heavy atom. The summed E-state index contributed by atoms with van der Waals surface area (Å²) in [5.41, 5.74) is 4.48. The molecule has 31 heavy (non-hydrogen) atoms. The minimum atomic E-state index is -0.453. The quantitative estimate of drug-likeness (QED) is 0.320. The molecule has 0 aliphatic heterocycles. The van der Waals surface area contributed by atoms with Crippen molar-refractivity contribution in [2.45, 2.75) is 32.6 Å². The number of fused-ring (bicyclic) bond motifs is 1. The van der Waals surface area contributed by atoms with Gasteiger partial charge < -0.3 is 4.74 Å². The molecule has 0 radical (unpaired) electrons. The van der Waals surface area contributed by atoms with Crippen LogP contribution >= 0.6 is 23.2 Å². The first-order valence-electron chi connectivity index (χ1n) is 10.2. The molecule has 0 unspecified atom stereocenters. The maximum absolute atomic E-state index is 13.4. The second-order valence-corrected chi connectivity index (χ2v) is 8.18. The van der Waals surface area contributed by atoms with Gasteiger partial charge in [0.25, 0.3) is 0 Å². The number of esters is 1. The lowest BCUT2D eigenvalue weighted by Gasteiger charge is -2.13. The fraction of sp³-hybridized carbons (Fsp3) is 0.250. The van der Waals surface area contributed by atoms with Gasteiger partial charge in [-0.15, -0.1) is 0 Å². The third-order valence-corrected chi connectivity index (χ3v) is 5.77. The molecule has 1 aromatic heterocycles. The summed E-state index contributed by atoms with van der Waals surface area (Å²) in [6.45, 7) is 2.03. The topological polar surface area (TPSA) is 44.1 Å². The zero-order valence-electron chi connectivity index (χ0n) is 17.0. The molecular formula is C24H21Cl2FN2O2. The molecule has 7 heteroatoms. The van der Waals surface area contributed by atoms with Crippen LogP contribution < -0.4 is 0 Å². The molecule has 0 N–H and O–H groups in total. The number of nitrogens with zero attached hydrogens (tertiary/aromatic N) is 2. The summed E-state index contributed by atoms with van der Waals surface area (Å²) in [4.78, 5) is 12.7. The van der Waals surface area contributed by atoms with Crippen LogP contribution in [0.5, 0.6) is 0 Å². The highest BCUT2D eigenvalue weighted by Gasteiger charge is 2.28. The van der Waals surface area contributed by atoms with Crippen LogP contribution in [0.1, 0.15) is 53.5 Å². The highest BCUT2D eigenvalue weighted by molar-refractivity contribution is 6.35. The summed E-state index contributed by atoms with van der Waals surface area (Å²) in [7, 11) is 0. The van der Waals surface area contributed by atoms with E-state index < -0.39 is 5.97 Å². The van der Waals surface area contributed by atoms with Crippen molar-refractivity contribution in [1.82, 2.24) is 9.78 Å². The van der Waals surface area contributed by atoms with E-state index in [0.29, 0.717) is 27.8 Å². The first-order valence-corrected chi connectivity index (χ1v) is 10.9. The molecule has 4 rings (SSSR count). The van der Waals surface area contributed by atoms with Crippen molar-refractivity contribution < 1.29 is 13.9 Å². The molecule has 0 spiro atoms. The number of aromatic nitrogens is 2. The normalized spacial score (nSPS) is 14.9. The molecule has 0 amide bonds. The molecule has 1 heterocycles. The van der Waals surface area contributed by atoms with E-state index in [-0.39, 0.29) is 12.4 Å². The molecule has 0 bridgehead atoms. The van der Waals surface area contributed by atoms with Crippen LogP contribution in [0.2, 0.25) is 10.0 Å². The Balaban J connectivity index is 1.95. The second-order valence-electron chi connectivity index (χ2n) is 7.33. The molecule has 1 aliphatic carbocycles. The Morgan fingerprint density at radius 3 is 2.61 bits per heavy atom. The Labute approximate surface area is 190 Å². The summed E-state index contributed by atoms with van der Waals surface area (Å²) in [6, 6.07) is 11.5. The van der Waals surface area contributed by atoms with Gasteiger partial charge in [-0.05, 0) is 80.2 Å². The Hall–Kier alpha value is -2.63. The number of allylic oxidation sites excluding steroid dienone is 1. The smallest absolute Gasteiger partial charge is 0.359 e. The summed E-state index contributed by atoms with van der Waals surface area (Å²) in [5, 5.41) is 5.58. The van der Waals surface area contributed by atoms with E-state index in [1.807, 2.05) is 6.08 Å². The molecule has 4 nitrogen and oxygen atoms in total. The molecule has 2 aromatic carbocycles. The second kappa shape index (κ2) is 9.25. The van der Waals surface area contributed by atoms with Crippen molar-refractivity contribution in [3.8, 4) is 5.69 Å². The maximum Gasteiger partial charge on any atom is 0.359 e. The van der Waals surface area contributed by atoms with Gasteiger partial charge in [0, 0.05) is 10.6 Å². The van der Waals surface area contributed by atoms with Gasteiger partial charge in [0.15, 0.2) is 5.69 Å². The molecule has 160 valence electrons. The van der Waals surface area contributed by atoms with Crippen molar-refractivity contribution in [3.05, 3.63) is 80.8 Å². The summed E-state index contributed by atoms with van der Waals surface area (Å²) >= 11 is 12.6. The van der Waals surface area contributed by atoms with Crippen molar-refractivity contribution in [2.24, 2.45) is 0 Å². The number of halogens is 3. The Bertz CT molecular complexity index is 1150. The van der Waals surface area contributed by atoms with Crippen LogP contribution in [0.25, 0.3) is 17.3 Å². The standard InChI is InChI=1S/C24H21Cl2FN2O2/c1-2-31-24(30)22-19-6-4-3-5-16(13-15-7-10-18(27)11-8-15)23(19)29(28-22)21-12-9-17(25)14-20(21)26/h7-14H,2-6H2,1H3. The van der Waals surface area contributed by atoms with Gasteiger partial charge in [0.2, 0.25) is 0 Å². The monoisotopic (exact) mass is 458 g/mol. The van der Waals surface area contributed by atoms with Crippen LogP contribution in [0.3, 0.4) is 0 Å². The maximum atomic E-state index is 13.4. The number of hydrogen-bond donors (Lipinski definition) is 0. The highest BCUT2D eigenvalue weighted by Crippen LogP contribution is 2.37. The minimum absolute atomic E-state index is 0.264. The molecule has 0 fully saturated rings. The number of benzene rings is 2. The van der Waals surface area contributed by atoms with E-state index in [1.165, 1.54) is 12.1 Å². The fourth-order valence-corrected chi connectivity index (χ4v) is 4.33. The van der Waals surface area contributed by atoms with Gasteiger partial charge >= 0.3 is 5.97 Å². The third kappa shape index (κ3) is 4.53. The number of ether oxygens (including phenoxy) is 1. The predicted molar refractivity (Wildman–Crippen MR) is 121 cm³/mol. The van der Waals surface area contributed by atoms with E-state index in [0.717, 1.165) is 41.7 Å². The SMILES string of the molecule is CCOC(=O)c1nn(-c2ccc(Cl)cc2Cl)c2c1CCCCC2=Cc1ccc(F)cc1. The van der Waals surface area contributed by atoms with Crippen molar-refractivity contribution in [2.75, 3.05) is 6.61 Å². The van der Waals surface area contributed by atoms with Crippen LogP contribution in [-0.2, 0) is 11.2 Å². The van der Waals surface area contributed by atoms with Crippen molar-refractivity contribution in [3.63, 3.8) is 0 Å². The van der Waals surface area contributed by atoms with Crippen LogP contribution in [0.4, 0.5) is 4.39 Å². The molecule has 0 saturated heterocycles. The average Bonchev–Trinajstić information content (AvgIpc) is 2.99. The minimum Gasteiger partial charge on any atom is -0.461 e. The molecule has 0 atom stereocenters. The lowest BCUT2D eigenvalue weighted by molar-refractivity contribution is 0.0517. The molecule has 1 aliphatic rings. The van der Waals surface area contributed by atoms with Crippen LogP contribution in [0, 0.1) is 5.82 Å². The lowest BCUT2D eigenvalue weighted by Crippen LogP contribution is -2.09. The fourth-order valence-electron chi connectivity index (χ4n) is 3.84. The van der Waals surface area contributed by atoms with Gasteiger partial charge in [0.1, 0.15) is 5.82 Å². The van der Waals surface area contributed by atoms with Gasteiger partial charge in [-0.1, -0.05) is 35.3 Å². The van der Waals surface area contributed by atoms with E-state index in [2.05, 4.69) is 5.10 Å². The largest absolute Gasteiger partial charge is 0.461 e. The predicted octanol–water partition coefficient (Wildman–Crippen LogP) is 6.76. The van der Waals surface area contributed by atoms with Crippen LogP contribution in [-0.4, -0.2) is 22.4 Å². The van der Waals surface area contributed by atoms with E-state index in [1.54, 1.807) is 41.9 Å². The first kappa shape index (κ1) is 21.6.